The third-order valence-electron chi connectivity index (χ3n) is 4.21. The van der Waals surface area contributed by atoms with Gasteiger partial charge in [-0.25, -0.2) is 9.97 Å². The predicted molar refractivity (Wildman–Crippen MR) is 104 cm³/mol. The third kappa shape index (κ3) is 3.86. The van der Waals surface area contributed by atoms with Crippen molar-refractivity contribution in [3.05, 3.63) is 42.5 Å². The molecule has 0 saturated heterocycles. The van der Waals surface area contributed by atoms with Gasteiger partial charge in [-0.3, -0.25) is 0 Å². The molecule has 0 unspecified atom stereocenters. The summed E-state index contributed by atoms with van der Waals surface area (Å²) in [5.41, 5.74) is 1.39. The zero-order chi connectivity index (χ0) is 18.5. The molecule has 2 aromatic carbocycles. The van der Waals surface area contributed by atoms with Crippen LogP contribution < -0.4 is 15.0 Å². The molecule has 3 rings (SSSR count). The van der Waals surface area contributed by atoms with Crippen molar-refractivity contribution in [2.24, 2.45) is 0 Å². The molecule has 3 N–H and O–H groups in total. The lowest BCUT2D eigenvalue weighted by atomic mass is 10.1. The van der Waals surface area contributed by atoms with Gasteiger partial charge in [0.15, 0.2) is 17.3 Å². The number of aromatic nitrogens is 2. The number of methoxy groups -OCH3 is 1. The van der Waals surface area contributed by atoms with Crippen molar-refractivity contribution in [2.45, 2.75) is 6.42 Å². The van der Waals surface area contributed by atoms with E-state index < -0.39 is 0 Å². The van der Waals surface area contributed by atoms with Crippen molar-refractivity contribution in [1.82, 2.24) is 9.97 Å². The molecule has 0 aliphatic heterocycles. The maximum absolute atomic E-state index is 10.5. The molecule has 0 atom stereocenters. The molecule has 0 fully saturated rings. The Bertz CT molecular complexity index is 896. The fourth-order valence-corrected chi connectivity index (χ4v) is 2.85. The highest BCUT2D eigenvalue weighted by atomic mass is 16.5. The summed E-state index contributed by atoms with van der Waals surface area (Å²) in [5, 5.41) is 14.8. The Hall–Kier alpha value is -2.86. The average molecular weight is 353 g/mol. The predicted octanol–water partition coefficient (Wildman–Crippen LogP) is 1.96. The van der Waals surface area contributed by atoms with Crippen molar-refractivity contribution in [3.63, 3.8) is 0 Å². The van der Waals surface area contributed by atoms with Gasteiger partial charge in [0.05, 0.1) is 38.8 Å². The Kier molecular flexibility index (Phi) is 5.53. The molecule has 0 saturated carbocycles. The van der Waals surface area contributed by atoms with Gasteiger partial charge in [-0.05, 0) is 24.3 Å². The molecule has 0 bridgehead atoms. The van der Waals surface area contributed by atoms with Crippen molar-refractivity contribution in [2.75, 3.05) is 39.6 Å². The number of fused-ring (bicyclic) bond motifs is 1. The van der Waals surface area contributed by atoms with Gasteiger partial charge in [-0.1, -0.05) is 18.2 Å². The minimum absolute atomic E-state index is 0.0486. The number of quaternary nitrogens is 1. The third-order valence-corrected chi connectivity index (χ3v) is 4.21. The summed E-state index contributed by atoms with van der Waals surface area (Å²) in [6.45, 7) is 1.91. The van der Waals surface area contributed by atoms with Crippen LogP contribution >= 0.6 is 0 Å². The largest absolute Gasteiger partial charge is 0.504 e. The summed E-state index contributed by atoms with van der Waals surface area (Å²) in [6, 6.07) is 13.2. The first-order valence-corrected chi connectivity index (χ1v) is 8.76. The van der Waals surface area contributed by atoms with Crippen molar-refractivity contribution >= 4 is 16.7 Å². The molecule has 3 aromatic rings. The SMILES string of the molecule is COc1cccc(-c2nc(NCCC[NH+](C)C)c3ccccc3n2)c1O. The zero-order valence-corrected chi connectivity index (χ0v) is 15.4. The summed E-state index contributed by atoms with van der Waals surface area (Å²) in [6.07, 6.45) is 1.04. The fourth-order valence-electron chi connectivity index (χ4n) is 2.85. The Labute approximate surface area is 153 Å². The maximum atomic E-state index is 10.5. The van der Waals surface area contributed by atoms with Crippen LogP contribution in [0, 0.1) is 0 Å². The Morgan fingerprint density at radius 2 is 1.88 bits per heavy atom. The van der Waals surface area contributed by atoms with Crippen LogP contribution in [0.5, 0.6) is 11.5 Å². The lowest BCUT2D eigenvalue weighted by molar-refractivity contribution is -0.858. The van der Waals surface area contributed by atoms with Crippen LogP contribution in [0.4, 0.5) is 5.82 Å². The van der Waals surface area contributed by atoms with Crippen LogP contribution in [-0.2, 0) is 0 Å². The number of hydrogen-bond donors (Lipinski definition) is 3. The second kappa shape index (κ2) is 8.01. The molecular weight excluding hydrogens is 328 g/mol. The van der Waals surface area contributed by atoms with E-state index in [0.29, 0.717) is 17.1 Å². The normalized spacial score (nSPS) is 11.1. The minimum Gasteiger partial charge on any atom is -0.504 e. The monoisotopic (exact) mass is 353 g/mol. The van der Waals surface area contributed by atoms with E-state index in [4.69, 9.17) is 4.74 Å². The van der Waals surface area contributed by atoms with Gasteiger partial charge in [0, 0.05) is 18.4 Å². The number of hydrogen-bond acceptors (Lipinski definition) is 5. The average Bonchev–Trinajstić information content (AvgIpc) is 2.65. The first kappa shape index (κ1) is 17.9. The van der Waals surface area contributed by atoms with Crippen LogP contribution in [0.15, 0.2) is 42.5 Å². The van der Waals surface area contributed by atoms with E-state index in [9.17, 15) is 5.11 Å². The molecule has 0 radical (unpaired) electrons. The number of anilines is 1. The lowest BCUT2D eigenvalue weighted by Gasteiger charge is -2.13. The number of benzene rings is 2. The molecule has 26 heavy (non-hydrogen) atoms. The number of ether oxygens (including phenoxy) is 1. The molecule has 0 spiro atoms. The maximum Gasteiger partial charge on any atom is 0.168 e. The van der Waals surface area contributed by atoms with Gasteiger partial charge < -0.3 is 20.1 Å². The van der Waals surface area contributed by atoms with Crippen molar-refractivity contribution < 1.29 is 14.7 Å². The quantitative estimate of drug-likeness (QED) is 0.567. The highest BCUT2D eigenvalue weighted by Crippen LogP contribution is 2.36. The van der Waals surface area contributed by atoms with Crippen LogP contribution in [0.2, 0.25) is 0 Å². The summed E-state index contributed by atoms with van der Waals surface area (Å²) in [4.78, 5) is 10.7. The first-order chi connectivity index (χ1) is 12.6. The summed E-state index contributed by atoms with van der Waals surface area (Å²) in [5.74, 6) is 1.71. The van der Waals surface area contributed by atoms with Gasteiger partial charge in [0.2, 0.25) is 0 Å². The number of phenols is 1. The van der Waals surface area contributed by atoms with E-state index in [1.165, 1.54) is 12.0 Å². The molecule has 1 heterocycles. The van der Waals surface area contributed by atoms with Gasteiger partial charge in [-0.15, -0.1) is 0 Å². The van der Waals surface area contributed by atoms with Gasteiger partial charge in [0.25, 0.3) is 0 Å². The van der Waals surface area contributed by atoms with E-state index in [1.54, 1.807) is 12.1 Å². The summed E-state index contributed by atoms with van der Waals surface area (Å²) >= 11 is 0. The Balaban J connectivity index is 1.99. The molecule has 0 aliphatic carbocycles. The van der Waals surface area contributed by atoms with Gasteiger partial charge >= 0.3 is 0 Å². The first-order valence-electron chi connectivity index (χ1n) is 8.76. The smallest absolute Gasteiger partial charge is 0.168 e. The van der Waals surface area contributed by atoms with Gasteiger partial charge in [-0.2, -0.15) is 0 Å². The number of nitrogens with zero attached hydrogens (tertiary/aromatic N) is 2. The molecule has 1 aromatic heterocycles. The standard InChI is InChI=1S/C20H24N4O2/c1-24(2)13-7-12-21-19-14-8-4-5-10-16(14)22-20(23-19)15-9-6-11-17(26-3)18(15)25/h4-6,8-11,25H,7,12-13H2,1-3H3,(H,21,22,23)/p+1. The lowest BCUT2D eigenvalue weighted by Crippen LogP contribution is -3.05. The number of para-hydroxylation sites is 2. The van der Waals surface area contributed by atoms with E-state index in [2.05, 4.69) is 29.4 Å². The molecule has 6 nitrogen and oxygen atoms in total. The Morgan fingerprint density at radius 3 is 2.65 bits per heavy atom. The van der Waals surface area contributed by atoms with E-state index in [0.717, 1.165) is 36.2 Å². The molecule has 0 aliphatic rings. The number of aromatic hydroxyl groups is 1. The van der Waals surface area contributed by atoms with Crippen molar-refractivity contribution in [1.29, 1.82) is 0 Å². The van der Waals surface area contributed by atoms with Crippen LogP contribution in [0.25, 0.3) is 22.3 Å². The van der Waals surface area contributed by atoms with E-state index in [-0.39, 0.29) is 5.75 Å². The van der Waals surface area contributed by atoms with Crippen molar-refractivity contribution in [3.8, 4) is 22.9 Å². The number of phenolic OH excluding ortho intramolecular Hbond substituents is 1. The molecule has 136 valence electrons. The Morgan fingerprint density at radius 1 is 1.08 bits per heavy atom. The topological polar surface area (TPSA) is 71.7 Å². The van der Waals surface area contributed by atoms with Crippen LogP contribution in [0.3, 0.4) is 0 Å². The number of nitrogens with one attached hydrogen (secondary N) is 2. The highest BCUT2D eigenvalue weighted by Gasteiger charge is 2.15. The van der Waals surface area contributed by atoms with Gasteiger partial charge in [0.1, 0.15) is 5.82 Å². The fraction of sp³-hybridized carbons (Fsp3) is 0.300. The molecular formula is C20H25N4O2+. The second-order valence-electron chi connectivity index (χ2n) is 6.51. The molecule has 0 amide bonds. The van der Waals surface area contributed by atoms with Crippen LogP contribution in [-0.4, -0.2) is 49.4 Å². The van der Waals surface area contributed by atoms with E-state index >= 15 is 0 Å². The van der Waals surface area contributed by atoms with Crippen LogP contribution in [0.1, 0.15) is 6.42 Å². The molecule has 6 heteroatoms. The minimum atomic E-state index is 0.0486. The summed E-state index contributed by atoms with van der Waals surface area (Å²) in [7, 11) is 5.81. The number of rotatable bonds is 7. The second-order valence-corrected chi connectivity index (χ2v) is 6.51. The summed E-state index contributed by atoms with van der Waals surface area (Å²) < 4.78 is 5.20. The highest BCUT2D eigenvalue weighted by molar-refractivity contribution is 5.91. The zero-order valence-electron chi connectivity index (χ0n) is 15.4. The van der Waals surface area contributed by atoms with E-state index in [1.807, 2.05) is 30.3 Å².